The Morgan fingerprint density at radius 3 is 2.89 bits per heavy atom. The number of nitrogens with one attached hydrogen (secondary N) is 2. The largest absolute Gasteiger partial charge is 0.379 e. The first kappa shape index (κ1) is 14.6. The summed E-state index contributed by atoms with van der Waals surface area (Å²) >= 11 is 11.8. The molecule has 2 rings (SSSR count). The summed E-state index contributed by atoms with van der Waals surface area (Å²) in [6.45, 7) is 3.79. The van der Waals surface area contributed by atoms with E-state index >= 15 is 0 Å². The molecule has 0 aromatic heterocycles. The van der Waals surface area contributed by atoms with Gasteiger partial charge in [0.2, 0.25) is 5.91 Å². The minimum absolute atomic E-state index is 0.0519. The van der Waals surface area contributed by atoms with Gasteiger partial charge in [0.25, 0.3) is 0 Å². The molecular formula is C13H16Cl2N2O2. The fraction of sp³-hybridized carbons (Fsp3) is 0.462. The van der Waals surface area contributed by atoms with Crippen LogP contribution in [0, 0.1) is 5.92 Å². The Hall–Kier alpha value is -0.810. The summed E-state index contributed by atoms with van der Waals surface area (Å²) in [5.74, 6) is -0.292. The molecule has 1 fully saturated rings. The highest BCUT2D eigenvalue weighted by Crippen LogP contribution is 2.26. The van der Waals surface area contributed by atoms with Crippen LogP contribution in [0.25, 0.3) is 0 Å². The number of carbonyl (C=O) groups is 1. The van der Waals surface area contributed by atoms with Gasteiger partial charge >= 0.3 is 0 Å². The maximum Gasteiger partial charge on any atom is 0.231 e. The van der Waals surface area contributed by atoms with Crippen molar-refractivity contribution in [1.82, 2.24) is 5.32 Å². The van der Waals surface area contributed by atoms with E-state index in [2.05, 4.69) is 10.6 Å². The molecular weight excluding hydrogens is 287 g/mol. The van der Waals surface area contributed by atoms with Crippen LogP contribution in [0.4, 0.5) is 5.69 Å². The molecule has 1 saturated heterocycles. The van der Waals surface area contributed by atoms with Crippen molar-refractivity contribution in [2.45, 2.75) is 13.0 Å². The van der Waals surface area contributed by atoms with E-state index in [4.69, 9.17) is 27.9 Å². The summed E-state index contributed by atoms with van der Waals surface area (Å²) in [5.41, 5.74) is 0.568. The van der Waals surface area contributed by atoms with Gasteiger partial charge in [0.05, 0.1) is 29.8 Å². The second-order valence-corrected chi connectivity index (χ2v) is 5.27. The van der Waals surface area contributed by atoms with Gasteiger partial charge in [-0.3, -0.25) is 4.79 Å². The minimum atomic E-state index is -0.202. The van der Waals surface area contributed by atoms with Crippen molar-refractivity contribution in [1.29, 1.82) is 0 Å². The van der Waals surface area contributed by atoms with Crippen molar-refractivity contribution in [3.05, 3.63) is 28.2 Å². The summed E-state index contributed by atoms with van der Waals surface area (Å²) < 4.78 is 5.35. The van der Waals surface area contributed by atoms with Crippen LogP contribution in [0.2, 0.25) is 10.0 Å². The van der Waals surface area contributed by atoms with Crippen LogP contribution in [-0.4, -0.2) is 31.7 Å². The van der Waals surface area contributed by atoms with Crippen molar-refractivity contribution >= 4 is 34.8 Å². The van der Waals surface area contributed by atoms with E-state index in [1.54, 1.807) is 18.2 Å². The van der Waals surface area contributed by atoms with Gasteiger partial charge in [-0.15, -0.1) is 0 Å². The van der Waals surface area contributed by atoms with Gasteiger partial charge in [0.15, 0.2) is 0 Å². The topological polar surface area (TPSA) is 50.4 Å². The molecule has 1 aliphatic rings. The third-order valence-corrected chi connectivity index (χ3v) is 3.62. The van der Waals surface area contributed by atoms with Crippen LogP contribution >= 0.6 is 23.2 Å². The summed E-state index contributed by atoms with van der Waals surface area (Å²) in [4.78, 5) is 12.2. The summed E-state index contributed by atoms with van der Waals surface area (Å²) in [7, 11) is 0. The SMILES string of the molecule is CCNC1COCC1C(=O)Nc1ccc(Cl)cc1Cl. The van der Waals surface area contributed by atoms with Crippen molar-refractivity contribution in [3.8, 4) is 0 Å². The van der Waals surface area contributed by atoms with Crippen LogP contribution in [0.1, 0.15) is 6.92 Å². The van der Waals surface area contributed by atoms with E-state index in [1.807, 2.05) is 6.92 Å². The van der Waals surface area contributed by atoms with Gasteiger partial charge in [-0.1, -0.05) is 30.1 Å². The summed E-state index contributed by atoms with van der Waals surface area (Å²) in [6.07, 6.45) is 0. The number of anilines is 1. The number of amides is 1. The molecule has 0 bridgehead atoms. The molecule has 4 nitrogen and oxygen atoms in total. The number of hydrogen-bond acceptors (Lipinski definition) is 3. The first-order valence-electron chi connectivity index (χ1n) is 6.19. The van der Waals surface area contributed by atoms with E-state index in [9.17, 15) is 4.79 Å². The van der Waals surface area contributed by atoms with Crippen LogP contribution in [-0.2, 0) is 9.53 Å². The zero-order chi connectivity index (χ0) is 13.8. The second-order valence-electron chi connectivity index (χ2n) is 4.42. The summed E-state index contributed by atoms with van der Waals surface area (Å²) in [6, 6.07) is 5.04. The highest BCUT2D eigenvalue weighted by Gasteiger charge is 2.33. The van der Waals surface area contributed by atoms with E-state index < -0.39 is 0 Å². The average molecular weight is 303 g/mol. The standard InChI is InChI=1S/C13H16Cl2N2O2/c1-2-16-12-7-19-6-9(12)13(18)17-11-4-3-8(14)5-10(11)15/h3-5,9,12,16H,2,6-7H2,1H3,(H,17,18). The Kier molecular flexibility index (Phi) is 5.05. The van der Waals surface area contributed by atoms with Crippen LogP contribution in [0.5, 0.6) is 0 Å². The van der Waals surface area contributed by atoms with E-state index in [0.29, 0.717) is 28.9 Å². The molecule has 2 unspecified atom stereocenters. The predicted molar refractivity (Wildman–Crippen MR) is 76.9 cm³/mol. The number of rotatable bonds is 4. The lowest BCUT2D eigenvalue weighted by Gasteiger charge is -2.18. The van der Waals surface area contributed by atoms with Crippen LogP contribution in [0.15, 0.2) is 18.2 Å². The van der Waals surface area contributed by atoms with Gasteiger partial charge in [0, 0.05) is 11.1 Å². The number of benzene rings is 1. The number of ether oxygens (including phenoxy) is 1. The zero-order valence-electron chi connectivity index (χ0n) is 10.6. The molecule has 6 heteroatoms. The Labute approximate surface area is 122 Å². The normalized spacial score (nSPS) is 22.5. The average Bonchev–Trinajstić information content (AvgIpc) is 2.81. The molecule has 2 atom stereocenters. The molecule has 1 aliphatic heterocycles. The second kappa shape index (κ2) is 6.57. The van der Waals surface area contributed by atoms with Crippen molar-refractivity contribution in [2.24, 2.45) is 5.92 Å². The van der Waals surface area contributed by atoms with Crippen LogP contribution < -0.4 is 10.6 Å². The Morgan fingerprint density at radius 1 is 1.42 bits per heavy atom. The van der Waals surface area contributed by atoms with E-state index in [-0.39, 0.29) is 17.9 Å². The molecule has 0 saturated carbocycles. The Morgan fingerprint density at radius 2 is 2.21 bits per heavy atom. The van der Waals surface area contributed by atoms with Gasteiger partial charge in [0.1, 0.15) is 0 Å². The fourth-order valence-corrected chi connectivity index (χ4v) is 2.55. The smallest absolute Gasteiger partial charge is 0.231 e. The minimum Gasteiger partial charge on any atom is -0.379 e. The van der Waals surface area contributed by atoms with Crippen molar-refractivity contribution in [2.75, 3.05) is 25.1 Å². The third-order valence-electron chi connectivity index (χ3n) is 3.07. The molecule has 0 spiro atoms. The Bertz CT molecular complexity index is 468. The van der Waals surface area contributed by atoms with Gasteiger partial charge < -0.3 is 15.4 Å². The molecule has 1 heterocycles. The molecule has 1 aromatic carbocycles. The monoisotopic (exact) mass is 302 g/mol. The zero-order valence-corrected chi connectivity index (χ0v) is 12.1. The molecule has 1 aromatic rings. The fourth-order valence-electron chi connectivity index (χ4n) is 2.09. The summed E-state index contributed by atoms with van der Waals surface area (Å²) in [5, 5.41) is 7.03. The molecule has 1 amide bonds. The molecule has 0 aliphatic carbocycles. The van der Waals surface area contributed by atoms with Gasteiger partial charge in [-0.2, -0.15) is 0 Å². The lowest BCUT2D eigenvalue weighted by atomic mass is 10.0. The maximum absolute atomic E-state index is 12.2. The van der Waals surface area contributed by atoms with Crippen molar-refractivity contribution < 1.29 is 9.53 Å². The first-order valence-corrected chi connectivity index (χ1v) is 6.94. The lowest BCUT2D eigenvalue weighted by Crippen LogP contribution is -2.41. The maximum atomic E-state index is 12.2. The van der Waals surface area contributed by atoms with Crippen molar-refractivity contribution in [3.63, 3.8) is 0 Å². The third kappa shape index (κ3) is 3.60. The highest BCUT2D eigenvalue weighted by atomic mass is 35.5. The number of likely N-dealkylation sites (N-methyl/N-ethyl adjacent to an activating group) is 1. The molecule has 2 N–H and O–H groups in total. The first-order chi connectivity index (χ1) is 9.11. The predicted octanol–water partition coefficient (Wildman–Crippen LogP) is 2.56. The van der Waals surface area contributed by atoms with Crippen LogP contribution in [0.3, 0.4) is 0 Å². The van der Waals surface area contributed by atoms with E-state index in [0.717, 1.165) is 6.54 Å². The van der Waals surface area contributed by atoms with E-state index in [1.165, 1.54) is 0 Å². The Balaban J connectivity index is 2.04. The van der Waals surface area contributed by atoms with Gasteiger partial charge in [-0.05, 0) is 24.7 Å². The number of halogens is 2. The highest BCUT2D eigenvalue weighted by molar-refractivity contribution is 6.36. The number of carbonyl (C=O) groups excluding carboxylic acids is 1. The number of hydrogen-bond donors (Lipinski definition) is 2. The quantitative estimate of drug-likeness (QED) is 0.899. The molecule has 0 radical (unpaired) electrons. The lowest BCUT2D eigenvalue weighted by molar-refractivity contribution is -0.120. The molecule has 104 valence electrons. The molecule has 19 heavy (non-hydrogen) atoms. The van der Waals surface area contributed by atoms with Gasteiger partial charge in [-0.25, -0.2) is 0 Å².